The Hall–Kier alpha value is -4.15. The maximum Gasteiger partial charge on any atom is 0.326 e. The number of carboxylic acid groups (broad SMARTS) is 1. The van der Waals surface area contributed by atoms with Crippen LogP contribution >= 0.6 is 0 Å². The molecular formula is C20H39N11O6. The molecule has 37 heavy (non-hydrogen) atoms. The monoisotopic (exact) mass is 529 g/mol. The van der Waals surface area contributed by atoms with Crippen molar-refractivity contribution in [3.63, 3.8) is 0 Å². The average Bonchev–Trinajstić information content (AvgIpc) is 2.80. The first-order valence-electron chi connectivity index (χ1n) is 11.5. The third-order valence-electron chi connectivity index (χ3n) is 4.93. The van der Waals surface area contributed by atoms with Crippen molar-refractivity contribution in [1.29, 1.82) is 0 Å². The van der Waals surface area contributed by atoms with Crippen molar-refractivity contribution in [2.45, 2.75) is 69.6 Å². The van der Waals surface area contributed by atoms with E-state index >= 15 is 0 Å². The van der Waals surface area contributed by atoms with Gasteiger partial charge in [-0.2, -0.15) is 0 Å². The molecule has 0 aliphatic carbocycles. The van der Waals surface area contributed by atoms with Crippen molar-refractivity contribution >= 4 is 41.5 Å². The zero-order chi connectivity index (χ0) is 28.5. The van der Waals surface area contributed by atoms with Gasteiger partial charge in [0.05, 0.1) is 6.04 Å². The van der Waals surface area contributed by atoms with Crippen LogP contribution in [0.3, 0.4) is 0 Å². The summed E-state index contributed by atoms with van der Waals surface area (Å²) in [6.45, 7) is 1.82. The molecule has 0 aliphatic heterocycles. The highest BCUT2D eigenvalue weighted by Crippen LogP contribution is 2.04. The quantitative estimate of drug-likeness (QED) is 0.0456. The SMILES string of the molecule is CC(NC(=O)C(N)CCCN=C(N)N)C(=O)NC(CCCN=C(N)N)C(=O)NC(CCC(N)=O)C(=O)O. The molecule has 0 aromatic carbocycles. The minimum Gasteiger partial charge on any atom is -0.480 e. The van der Waals surface area contributed by atoms with Crippen molar-refractivity contribution in [2.24, 2.45) is 44.4 Å². The fraction of sp³-hybridized carbons (Fsp3) is 0.650. The molecule has 0 rings (SSSR count). The molecule has 4 unspecified atom stereocenters. The Bertz CT molecular complexity index is 856. The zero-order valence-corrected chi connectivity index (χ0v) is 20.8. The molecule has 4 amide bonds. The van der Waals surface area contributed by atoms with Crippen LogP contribution in [0.1, 0.15) is 45.4 Å². The van der Waals surface area contributed by atoms with E-state index in [4.69, 9.17) is 34.4 Å². The Morgan fingerprint density at radius 1 is 0.730 bits per heavy atom. The molecule has 17 heteroatoms. The van der Waals surface area contributed by atoms with Crippen LogP contribution in [0.2, 0.25) is 0 Å². The summed E-state index contributed by atoms with van der Waals surface area (Å²) in [6, 6.07) is -4.60. The molecular weight excluding hydrogens is 490 g/mol. The van der Waals surface area contributed by atoms with Gasteiger partial charge >= 0.3 is 5.97 Å². The van der Waals surface area contributed by atoms with Gasteiger partial charge in [0, 0.05) is 19.5 Å². The maximum atomic E-state index is 12.8. The molecule has 0 aromatic heterocycles. The number of primary amides is 1. The zero-order valence-electron chi connectivity index (χ0n) is 20.8. The molecule has 0 bridgehead atoms. The van der Waals surface area contributed by atoms with Gasteiger partial charge in [-0.25, -0.2) is 4.79 Å². The standard InChI is InChI=1S/C20H39N11O6/c1-10(29-16(34)11(21)4-2-8-27-19(23)24)15(33)30-12(5-3-9-28-20(25)26)17(35)31-13(18(36)37)6-7-14(22)32/h10-13H,2-9,21H2,1H3,(H2,22,32)(H,29,34)(H,30,33)(H,31,35)(H,36,37)(H4,23,24,27)(H4,25,26,28). The number of carbonyl (C=O) groups is 5. The van der Waals surface area contributed by atoms with E-state index < -0.39 is 53.8 Å². The predicted octanol–water partition coefficient (Wildman–Crippen LogP) is -4.75. The molecule has 0 saturated heterocycles. The van der Waals surface area contributed by atoms with Gasteiger partial charge in [0.15, 0.2) is 11.9 Å². The highest BCUT2D eigenvalue weighted by Gasteiger charge is 2.28. The molecule has 0 heterocycles. The minimum absolute atomic E-state index is 0.0431. The lowest BCUT2D eigenvalue weighted by atomic mass is 10.1. The van der Waals surface area contributed by atoms with E-state index in [1.54, 1.807) is 0 Å². The molecule has 16 N–H and O–H groups in total. The number of nitrogens with two attached hydrogens (primary N) is 6. The molecule has 0 aliphatic rings. The van der Waals surface area contributed by atoms with Crippen LogP contribution in [0, 0.1) is 0 Å². The lowest BCUT2D eigenvalue weighted by molar-refractivity contribution is -0.142. The van der Waals surface area contributed by atoms with Crippen LogP contribution in [0.15, 0.2) is 9.98 Å². The summed E-state index contributed by atoms with van der Waals surface area (Å²) in [5, 5.41) is 16.5. The highest BCUT2D eigenvalue weighted by molar-refractivity contribution is 5.94. The summed E-state index contributed by atoms with van der Waals surface area (Å²) in [7, 11) is 0. The summed E-state index contributed by atoms with van der Waals surface area (Å²) >= 11 is 0. The summed E-state index contributed by atoms with van der Waals surface area (Å²) in [5.41, 5.74) is 31.9. The van der Waals surface area contributed by atoms with E-state index in [9.17, 15) is 29.1 Å². The number of aliphatic carboxylic acids is 1. The summed E-state index contributed by atoms with van der Waals surface area (Å²) in [5.74, 6) is -4.48. The Morgan fingerprint density at radius 3 is 1.73 bits per heavy atom. The Morgan fingerprint density at radius 2 is 1.24 bits per heavy atom. The van der Waals surface area contributed by atoms with Crippen LogP contribution < -0.4 is 50.4 Å². The number of carboxylic acids is 1. The second-order valence-corrected chi connectivity index (χ2v) is 8.20. The molecule has 0 spiro atoms. The van der Waals surface area contributed by atoms with E-state index in [0.29, 0.717) is 6.42 Å². The number of hydrogen-bond acceptors (Lipinski definition) is 8. The number of nitrogens with one attached hydrogen (secondary N) is 3. The van der Waals surface area contributed by atoms with Crippen LogP contribution in [0.4, 0.5) is 0 Å². The molecule has 0 saturated carbocycles. The van der Waals surface area contributed by atoms with Crippen LogP contribution in [0.5, 0.6) is 0 Å². The Kier molecular flexibility index (Phi) is 15.4. The van der Waals surface area contributed by atoms with Gasteiger partial charge < -0.3 is 55.5 Å². The minimum atomic E-state index is -1.41. The summed E-state index contributed by atoms with van der Waals surface area (Å²) in [4.78, 5) is 67.8. The molecule has 0 aromatic rings. The van der Waals surface area contributed by atoms with Crippen molar-refractivity contribution in [3.05, 3.63) is 0 Å². The van der Waals surface area contributed by atoms with E-state index in [2.05, 4.69) is 25.9 Å². The Labute approximate surface area is 214 Å². The lowest BCUT2D eigenvalue weighted by Gasteiger charge is -2.23. The average molecular weight is 530 g/mol. The maximum absolute atomic E-state index is 12.8. The molecule has 4 atom stereocenters. The number of rotatable bonds is 18. The van der Waals surface area contributed by atoms with Gasteiger partial charge in [0.1, 0.15) is 18.1 Å². The molecule has 17 nitrogen and oxygen atoms in total. The number of guanidine groups is 2. The summed E-state index contributed by atoms with van der Waals surface area (Å²) < 4.78 is 0. The smallest absolute Gasteiger partial charge is 0.326 e. The second kappa shape index (κ2) is 17.3. The molecule has 0 radical (unpaired) electrons. The normalized spacial score (nSPS) is 13.7. The number of nitrogens with zero attached hydrogens (tertiary/aromatic N) is 2. The third-order valence-corrected chi connectivity index (χ3v) is 4.93. The third kappa shape index (κ3) is 15.5. The van der Waals surface area contributed by atoms with Crippen LogP contribution in [-0.4, -0.2) is 83.9 Å². The largest absolute Gasteiger partial charge is 0.480 e. The number of aliphatic imine (C=N–C) groups is 2. The van der Waals surface area contributed by atoms with Crippen molar-refractivity contribution in [1.82, 2.24) is 16.0 Å². The highest BCUT2D eigenvalue weighted by atomic mass is 16.4. The van der Waals surface area contributed by atoms with Gasteiger partial charge in [-0.1, -0.05) is 0 Å². The van der Waals surface area contributed by atoms with Gasteiger partial charge in [0.2, 0.25) is 23.6 Å². The van der Waals surface area contributed by atoms with Crippen molar-refractivity contribution < 1.29 is 29.1 Å². The number of carbonyl (C=O) groups excluding carboxylic acids is 4. The first kappa shape index (κ1) is 32.9. The lowest BCUT2D eigenvalue weighted by Crippen LogP contribution is -2.56. The molecule has 0 fully saturated rings. The van der Waals surface area contributed by atoms with Gasteiger partial charge in [-0.05, 0) is 39.0 Å². The summed E-state index contributed by atoms with van der Waals surface area (Å²) in [6.07, 6.45) is 0.491. The van der Waals surface area contributed by atoms with E-state index in [1.807, 2.05) is 0 Å². The molecule has 210 valence electrons. The van der Waals surface area contributed by atoms with Gasteiger partial charge in [-0.3, -0.25) is 29.2 Å². The number of hydrogen-bond donors (Lipinski definition) is 10. The fourth-order valence-electron chi connectivity index (χ4n) is 2.92. The second-order valence-electron chi connectivity index (χ2n) is 8.20. The van der Waals surface area contributed by atoms with Gasteiger partial charge in [0.25, 0.3) is 0 Å². The topological polar surface area (TPSA) is 323 Å². The van der Waals surface area contributed by atoms with Gasteiger partial charge in [-0.15, -0.1) is 0 Å². The van der Waals surface area contributed by atoms with E-state index in [-0.39, 0.29) is 57.1 Å². The van der Waals surface area contributed by atoms with Crippen LogP contribution in [-0.2, 0) is 24.0 Å². The number of amides is 4. The van der Waals surface area contributed by atoms with Crippen molar-refractivity contribution in [2.75, 3.05) is 13.1 Å². The van der Waals surface area contributed by atoms with Crippen LogP contribution in [0.25, 0.3) is 0 Å². The first-order chi connectivity index (χ1) is 17.2. The van der Waals surface area contributed by atoms with E-state index in [0.717, 1.165) is 0 Å². The first-order valence-corrected chi connectivity index (χ1v) is 11.5. The fourth-order valence-corrected chi connectivity index (χ4v) is 2.92. The van der Waals surface area contributed by atoms with Crippen molar-refractivity contribution in [3.8, 4) is 0 Å². The Balaban J connectivity index is 5.19. The van der Waals surface area contributed by atoms with E-state index in [1.165, 1.54) is 6.92 Å². The predicted molar refractivity (Wildman–Crippen MR) is 135 cm³/mol.